The van der Waals surface area contributed by atoms with E-state index in [2.05, 4.69) is 0 Å². The number of esters is 1. The maximum atomic E-state index is 12.6. The average Bonchev–Trinajstić information content (AvgIpc) is 2.52. The zero-order valence-electron chi connectivity index (χ0n) is 12.2. The molecule has 3 rings (SSSR count). The maximum Gasteiger partial charge on any atom is 0.325 e. The molecule has 1 aromatic carbocycles. The number of rotatable bonds is 3. The molecule has 4 nitrogen and oxygen atoms in total. The van der Waals surface area contributed by atoms with Crippen molar-refractivity contribution in [2.75, 3.05) is 6.61 Å². The van der Waals surface area contributed by atoms with E-state index in [0.717, 1.165) is 42.5 Å². The van der Waals surface area contributed by atoms with Gasteiger partial charge in [-0.05, 0) is 44.7 Å². The van der Waals surface area contributed by atoms with Crippen LogP contribution in [0.4, 0.5) is 0 Å². The van der Waals surface area contributed by atoms with Gasteiger partial charge in [-0.1, -0.05) is 12.1 Å². The average molecular weight is 285 g/mol. The number of benzene rings is 1. The summed E-state index contributed by atoms with van der Waals surface area (Å²) in [6, 6.07) is 7.52. The molecule has 1 aliphatic carbocycles. The number of pyridine rings is 1. The zero-order valence-corrected chi connectivity index (χ0v) is 12.2. The second kappa shape index (κ2) is 5.72. The van der Waals surface area contributed by atoms with Gasteiger partial charge in [0, 0.05) is 16.6 Å². The van der Waals surface area contributed by atoms with Crippen LogP contribution in [0, 0.1) is 0 Å². The largest absolute Gasteiger partial charge is 0.465 e. The lowest BCUT2D eigenvalue weighted by Crippen LogP contribution is -2.26. The molecule has 0 amide bonds. The van der Waals surface area contributed by atoms with Crippen LogP contribution < -0.4 is 5.43 Å². The van der Waals surface area contributed by atoms with Crippen LogP contribution in [0.25, 0.3) is 10.9 Å². The molecule has 1 heterocycles. The van der Waals surface area contributed by atoms with Crippen molar-refractivity contribution in [2.24, 2.45) is 0 Å². The number of hydrogen-bond acceptors (Lipinski definition) is 3. The smallest absolute Gasteiger partial charge is 0.325 e. The van der Waals surface area contributed by atoms with E-state index in [-0.39, 0.29) is 17.9 Å². The molecule has 0 bridgehead atoms. The Hall–Kier alpha value is -2.10. The van der Waals surface area contributed by atoms with Crippen molar-refractivity contribution >= 4 is 16.9 Å². The minimum atomic E-state index is -0.251. The van der Waals surface area contributed by atoms with E-state index in [1.165, 1.54) is 0 Å². The van der Waals surface area contributed by atoms with Crippen LogP contribution in [0.5, 0.6) is 0 Å². The fourth-order valence-corrected chi connectivity index (χ4v) is 3.16. The van der Waals surface area contributed by atoms with Crippen LogP contribution in [-0.4, -0.2) is 17.1 Å². The third-order valence-corrected chi connectivity index (χ3v) is 4.07. The molecule has 2 aromatic rings. The van der Waals surface area contributed by atoms with Gasteiger partial charge in [-0.15, -0.1) is 0 Å². The normalized spacial score (nSPS) is 14.0. The lowest BCUT2D eigenvalue weighted by molar-refractivity contribution is -0.143. The Labute approximate surface area is 123 Å². The molecular weight excluding hydrogens is 266 g/mol. The number of aromatic nitrogens is 1. The van der Waals surface area contributed by atoms with Gasteiger partial charge >= 0.3 is 5.97 Å². The van der Waals surface area contributed by atoms with Crippen molar-refractivity contribution in [3.8, 4) is 0 Å². The Morgan fingerprint density at radius 3 is 2.81 bits per heavy atom. The molecule has 4 heteroatoms. The summed E-state index contributed by atoms with van der Waals surface area (Å²) < 4.78 is 7.05. The lowest BCUT2D eigenvalue weighted by Gasteiger charge is -2.23. The van der Waals surface area contributed by atoms with Gasteiger partial charge in [0.2, 0.25) is 0 Å². The van der Waals surface area contributed by atoms with Crippen molar-refractivity contribution in [2.45, 2.75) is 39.2 Å². The van der Waals surface area contributed by atoms with Crippen LogP contribution in [0.1, 0.15) is 31.0 Å². The van der Waals surface area contributed by atoms with Crippen LogP contribution in [0.3, 0.4) is 0 Å². The van der Waals surface area contributed by atoms with Crippen molar-refractivity contribution in [3.05, 3.63) is 45.7 Å². The number of nitrogens with zero attached hydrogens (tertiary/aromatic N) is 1. The Bertz CT molecular complexity index is 746. The monoisotopic (exact) mass is 285 g/mol. The first-order valence-electron chi connectivity index (χ1n) is 7.51. The third-order valence-electron chi connectivity index (χ3n) is 4.07. The standard InChI is InChI=1S/C17H19NO3/c1-2-21-16(19)11-18-14-9-5-3-7-12(14)17(20)13-8-4-6-10-15(13)18/h3,5,7,9H,2,4,6,8,10-11H2,1H3. The van der Waals surface area contributed by atoms with E-state index in [0.29, 0.717) is 12.0 Å². The number of fused-ring (bicyclic) bond motifs is 2. The highest BCUT2D eigenvalue weighted by Gasteiger charge is 2.20. The second-order valence-electron chi connectivity index (χ2n) is 5.37. The Kier molecular flexibility index (Phi) is 3.78. The van der Waals surface area contributed by atoms with E-state index in [1.807, 2.05) is 28.8 Å². The van der Waals surface area contributed by atoms with Crippen LogP contribution in [0.15, 0.2) is 29.1 Å². The summed E-state index contributed by atoms with van der Waals surface area (Å²) in [5.41, 5.74) is 2.85. The molecular formula is C17H19NO3. The summed E-state index contributed by atoms with van der Waals surface area (Å²) in [7, 11) is 0. The first-order chi connectivity index (χ1) is 10.2. The first-order valence-corrected chi connectivity index (χ1v) is 7.51. The number of carbonyl (C=O) groups excluding carboxylic acids is 1. The number of carbonyl (C=O) groups is 1. The predicted molar refractivity (Wildman–Crippen MR) is 81.5 cm³/mol. The molecule has 110 valence electrons. The Morgan fingerprint density at radius 2 is 2.00 bits per heavy atom. The summed E-state index contributed by atoms with van der Waals surface area (Å²) in [5, 5.41) is 0.697. The van der Waals surface area contributed by atoms with Gasteiger partial charge in [0.25, 0.3) is 0 Å². The number of hydrogen-bond donors (Lipinski definition) is 0. The van der Waals surface area contributed by atoms with Crippen molar-refractivity contribution < 1.29 is 9.53 Å². The summed E-state index contributed by atoms with van der Waals surface area (Å²) in [5.74, 6) is -0.251. The highest BCUT2D eigenvalue weighted by atomic mass is 16.5. The van der Waals surface area contributed by atoms with Gasteiger partial charge < -0.3 is 9.30 Å². The summed E-state index contributed by atoms with van der Waals surface area (Å²) in [4.78, 5) is 24.5. The van der Waals surface area contributed by atoms with Gasteiger partial charge in [-0.25, -0.2) is 0 Å². The summed E-state index contributed by atoms with van der Waals surface area (Å²) in [6.07, 6.45) is 3.77. The molecule has 1 aromatic heterocycles. The van der Waals surface area contributed by atoms with E-state index in [4.69, 9.17) is 4.74 Å². The quantitative estimate of drug-likeness (QED) is 0.814. The number of ether oxygens (including phenoxy) is 1. The molecule has 0 saturated heterocycles. The summed E-state index contributed by atoms with van der Waals surface area (Å²) in [6.45, 7) is 2.35. The van der Waals surface area contributed by atoms with Gasteiger partial charge in [-0.3, -0.25) is 9.59 Å². The van der Waals surface area contributed by atoms with Gasteiger partial charge in [0.05, 0.1) is 12.1 Å². The molecule has 0 fully saturated rings. The van der Waals surface area contributed by atoms with E-state index in [1.54, 1.807) is 6.92 Å². The topological polar surface area (TPSA) is 48.3 Å². The highest BCUT2D eigenvalue weighted by Crippen LogP contribution is 2.23. The molecule has 1 aliphatic rings. The molecule has 0 aliphatic heterocycles. The second-order valence-corrected chi connectivity index (χ2v) is 5.37. The fraction of sp³-hybridized carbons (Fsp3) is 0.412. The minimum absolute atomic E-state index is 0.125. The molecule has 0 spiro atoms. The van der Waals surface area contributed by atoms with Gasteiger partial charge in [-0.2, -0.15) is 0 Å². The zero-order chi connectivity index (χ0) is 14.8. The van der Waals surface area contributed by atoms with E-state index in [9.17, 15) is 9.59 Å². The lowest BCUT2D eigenvalue weighted by atomic mass is 9.93. The first kappa shape index (κ1) is 13.9. The highest BCUT2D eigenvalue weighted by molar-refractivity contribution is 5.82. The van der Waals surface area contributed by atoms with Crippen LogP contribution in [-0.2, 0) is 28.9 Å². The van der Waals surface area contributed by atoms with E-state index >= 15 is 0 Å². The molecule has 0 N–H and O–H groups in total. The fourth-order valence-electron chi connectivity index (χ4n) is 3.16. The SMILES string of the molecule is CCOC(=O)Cn1c2c(c(=O)c3ccccc31)CCCC2. The summed E-state index contributed by atoms with van der Waals surface area (Å²) >= 11 is 0. The molecule has 0 radical (unpaired) electrons. The van der Waals surface area contributed by atoms with Crippen LogP contribution in [0.2, 0.25) is 0 Å². The third kappa shape index (κ3) is 2.46. The van der Waals surface area contributed by atoms with E-state index < -0.39 is 0 Å². The minimum Gasteiger partial charge on any atom is -0.465 e. The van der Waals surface area contributed by atoms with Crippen LogP contribution >= 0.6 is 0 Å². The number of para-hydroxylation sites is 1. The predicted octanol–water partition coefficient (Wildman–Crippen LogP) is 2.44. The van der Waals surface area contributed by atoms with Crippen molar-refractivity contribution in [1.82, 2.24) is 4.57 Å². The maximum absolute atomic E-state index is 12.6. The molecule has 0 unspecified atom stereocenters. The van der Waals surface area contributed by atoms with Gasteiger partial charge in [0.1, 0.15) is 6.54 Å². The molecule has 0 saturated carbocycles. The molecule has 0 atom stereocenters. The Morgan fingerprint density at radius 1 is 1.24 bits per heavy atom. The Balaban J connectivity index is 2.22. The van der Waals surface area contributed by atoms with Crippen molar-refractivity contribution in [1.29, 1.82) is 0 Å². The molecule has 21 heavy (non-hydrogen) atoms. The van der Waals surface area contributed by atoms with Gasteiger partial charge in [0.15, 0.2) is 5.43 Å². The van der Waals surface area contributed by atoms with Crippen molar-refractivity contribution in [3.63, 3.8) is 0 Å².